The van der Waals surface area contributed by atoms with Gasteiger partial charge in [0.2, 0.25) is 0 Å². The zero-order valence-corrected chi connectivity index (χ0v) is 12.8. The molecule has 0 aliphatic carbocycles. The van der Waals surface area contributed by atoms with Gasteiger partial charge >= 0.3 is 5.97 Å². The van der Waals surface area contributed by atoms with E-state index in [2.05, 4.69) is 0 Å². The lowest BCUT2D eigenvalue weighted by Gasteiger charge is -2.23. The van der Waals surface area contributed by atoms with Crippen LogP contribution in [0.15, 0.2) is 0 Å². The molecule has 0 aromatic carbocycles. The van der Waals surface area contributed by atoms with E-state index in [1.165, 1.54) is 0 Å². The zero-order valence-electron chi connectivity index (χ0n) is 11.2. The van der Waals surface area contributed by atoms with Crippen LogP contribution in [0.25, 0.3) is 0 Å². The minimum atomic E-state index is -4.48. The summed E-state index contributed by atoms with van der Waals surface area (Å²) in [4.78, 5) is 11.8. The molecule has 2 bridgehead atoms. The van der Waals surface area contributed by atoms with Crippen molar-refractivity contribution in [2.75, 3.05) is 5.75 Å². The lowest BCUT2D eigenvalue weighted by molar-refractivity contribution is -0.156. The number of carbonyl (C=O) groups is 1. The number of ether oxygens (including phenoxy) is 2. The van der Waals surface area contributed by atoms with E-state index in [0.717, 1.165) is 0 Å². The molecule has 0 spiro atoms. The largest absolute Gasteiger partial charge is 0.748 e. The molecule has 3 aliphatic heterocycles. The number of esters is 1. The van der Waals surface area contributed by atoms with Crippen LogP contribution in [0.2, 0.25) is 0 Å². The van der Waals surface area contributed by atoms with Crippen LogP contribution >= 0.6 is 0 Å². The summed E-state index contributed by atoms with van der Waals surface area (Å²) in [7, 11) is -8.20. The quantitative estimate of drug-likeness (QED) is 0.314. The molecule has 22 heavy (non-hydrogen) atoms. The normalized spacial score (nSPS) is 39.8. The van der Waals surface area contributed by atoms with E-state index in [0.29, 0.717) is 0 Å². The van der Waals surface area contributed by atoms with E-state index < -0.39 is 67.7 Å². The van der Waals surface area contributed by atoms with E-state index in [-0.39, 0.29) is 12.8 Å². The Kier molecular flexibility index (Phi) is 3.73. The number of rotatable bonds is 5. The summed E-state index contributed by atoms with van der Waals surface area (Å²) in [6.07, 6.45) is -3.25. The summed E-state index contributed by atoms with van der Waals surface area (Å²) >= 11 is 0. The average Bonchev–Trinajstić information content (AvgIpc) is 2.99. The monoisotopic (exact) mass is 356 g/mol. The van der Waals surface area contributed by atoms with Gasteiger partial charge in [-0.2, -0.15) is 8.42 Å². The van der Waals surface area contributed by atoms with Crippen molar-refractivity contribution in [1.82, 2.24) is 0 Å². The van der Waals surface area contributed by atoms with E-state index in [4.69, 9.17) is 19.4 Å². The molecule has 10 nitrogen and oxygen atoms in total. The highest BCUT2D eigenvalue weighted by atomic mass is 32.2. The fraction of sp³-hybridized carbons (Fsp3) is 0.900. The maximum absolute atomic E-state index is 11.8. The van der Waals surface area contributed by atoms with E-state index in [1.54, 1.807) is 0 Å². The molecular weight excluding hydrogens is 342 g/mol. The van der Waals surface area contributed by atoms with Gasteiger partial charge in [-0.25, -0.2) is 8.42 Å². The Morgan fingerprint density at radius 1 is 1.41 bits per heavy atom. The number of carbonyl (C=O) groups excluding carboxylic acids is 1. The van der Waals surface area contributed by atoms with Crippen molar-refractivity contribution in [1.29, 1.82) is 0 Å². The second kappa shape index (κ2) is 5.11. The van der Waals surface area contributed by atoms with Gasteiger partial charge in [0, 0.05) is 5.75 Å². The highest BCUT2D eigenvalue weighted by molar-refractivity contribution is 7.87. The summed E-state index contributed by atoms with van der Waals surface area (Å²) in [5.41, 5.74) is 5.47. The fourth-order valence-corrected chi connectivity index (χ4v) is 5.17. The van der Waals surface area contributed by atoms with Crippen LogP contribution in [0.1, 0.15) is 12.8 Å². The molecule has 0 aromatic rings. The third kappa shape index (κ3) is 2.74. The third-order valence-corrected chi connectivity index (χ3v) is 6.46. The Bertz CT molecular complexity index is 687. The van der Waals surface area contributed by atoms with Crippen LogP contribution in [0.5, 0.6) is 0 Å². The summed E-state index contributed by atoms with van der Waals surface area (Å²) in [6, 6.07) is -1.29. The van der Waals surface area contributed by atoms with Crippen LogP contribution in [0.3, 0.4) is 0 Å². The number of fused-ring (bicyclic) bond motifs is 1. The third-order valence-electron chi connectivity index (χ3n) is 4.03. The molecule has 0 saturated carbocycles. The van der Waals surface area contributed by atoms with E-state index in [9.17, 15) is 26.2 Å². The van der Waals surface area contributed by atoms with Crippen molar-refractivity contribution in [3.8, 4) is 0 Å². The van der Waals surface area contributed by atoms with Crippen molar-refractivity contribution in [3.05, 3.63) is 0 Å². The Morgan fingerprint density at radius 2 is 2.09 bits per heavy atom. The smallest absolute Gasteiger partial charge is 0.323 e. The lowest BCUT2D eigenvalue weighted by atomic mass is 9.94. The lowest BCUT2D eigenvalue weighted by Crippen LogP contribution is -2.45. The Labute approximate surface area is 126 Å². The van der Waals surface area contributed by atoms with Crippen molar-refractivity contribution in [2.45, 2.75) is 48.5 Å². The van der Waals surface area contributed by atoms with Crippen molar-refractivity contribution < 1.29 is 39.8 Å². The number of nitrogens with two attached hydrogens (primary N) is 1. The standard InChI is InChI=1S/C10H15NO9S2/c11-4(1-2-21(13,14)15)10(12)19-7-5-3-6-8(18-5)9(7)20-22(6,16)17/h4-9H,1-3,11H2,(H,13,14,15)/p-1. The van der Waals surface area contributed by atoms with Gasteiger partial charge in [0.05, 0.1) is 16.2 Å². The first-order valence-electron chi connectivity index (χ1n) is 6.56. The van der Waals surface area contributed by atoms with Crippen molar-refractivity contribution >= 4 is 26.2 Å². The molecule has 0 aromatic heterocycles. The molecule has 3 heterocycles. The van der Waals surface area contributed by atoms with Gasteiger partial charge in [0.15, 0.2) is 6.10 Å². The molecule has 3 rings (SSSR count). The first-order valence-corrected chi connectivity index (χ1v) is 9.60. The molecule has 126 valence electrons. The van der Waals surface area contributed by atoms with E-state index >= 15 is 0 Å². The molecule has 6 unspecified atom stereocenters. The second-order valence-electron chi connectivity index (χ2n) is 5.53. The Morgan fingerprint density at radius 3 is 2.73 bits per heavy atom. The highest BCUT2D eigenvalue weighted by Crippen LogP contribution is 2.47. The molecule has 0 amide bonds. The zero-order chi connectivity index (χ0) is 16.3. The van der Waals surface area contributed by atoms with Gasteiger partial charge in [0.1, 0.15) is 23.5 Å². The first kappa shape index (κ1) is 16.1. The molecular formula is C10H14NO9S2-. The molecule has 0 radical (unpaired) electrons. The minimum absolute atomic E-state index is 0.172. The number of hydrogen-bond acceptors (Lipinski definition) is 10. The Balaban J connectivity index is 1.62. The second-order valence-corrected chi connectivity index (χ2v) is 8.83. The molecule has 12 heteroatoms. The number of hydrogen-bond donors (Lipinski definition) is 1. The fourth-order valence-electron chi connectivity index (χ4n) is 2.98. The maximum Gasteiger partial charge on any atom is 0.323 e. The van der Waals surface area contributed by atoms with E-state index in [1.807, 2.05) is 0 Å². The first-order chi connectivity index (χ1) is 10.1. The summed E-state index contributed by atoms with van der Waals surface area (Å²) in [5.74, 6) is -1.71. The predicted octanol–water partition coefficient (Wildman–Crippen LogP) is -2.57. The molecule has 3 saturated heterocycles. The highest BCUT2D eigenvalue weighted by Gasteiger charge is 2.67. The van der Waals surface area contributed by atoms with Gasteiger partial charge in [-0.1, -0.05) is 0 Å². The molecule has 6 atom stereocenters. The van der Waals surface area contributed by atoms with Crippen LogP contribution < -0.4 is 5.73 Å². The molecule has 3 aliphatic rings. The van der Waals surface area contributed by atoms with Gasteiger partial charge in [0.25, 0.3) is 10.1 Å². The Hall–Kier alpha value is -0.790. The van der Waals surface area contributed by atoms with Gasteiger partial charge in [-0.15, -0.1) is 0 Å². The summed E-state index contributed by atoms with van der Waals surface area (Å²) in [5, 5.41) is -0.739. The summed E-state index contributed by atoms with van der Waals surface area (Å²) in [6.45, 7) is 0. The SMILES string of the molecule is NC(CCS(=O)(=O)[O-])C(=O)OC1C2CC3C(O2)C1OS3(=O)=O. The van der Waals surface area contributed by atoms with Crippen molar-refractivity contribution in [3.63, 3.8) is 0 Å². The summed E-state index contributed by atoms with van der Waals surface area (Å²) < 4.78 is 70.4. The molecule has 3 fully saturated rings. The van der Waals surface area contributed by atoms with Gasteiger partial charge < -0.3 is 19.8 Å². The predicted molar refractivity (Wildman–Crippen MR) is 67.9 cm³/mol. The topological polar surface area (TPSA) is 162 Å². The molecule has 2 N–H and O–H groups in total. The van der Waals surface area contributed by atoms with Crippen LogP contribution in [-0.2, 0) is 38.7 Å². The van der Waals surface area contributed by atoms with Crippen LogP contribution in [0.4, 0.5) is 0 Å². The maximum atomic E-state index is 11.8. The average molecular weight is 356 g/mol. The van der Waals surface area contributed by atoms with Gasteiger partial charge in [-0.3, -0.25) is 8.98 Å². The van der Waals surface area contributed by atoms with Crippen LogP contribution in [0, 0.1) is 0 Å². The van der Waals surface area contributed by atoms with Crippen LogP contribution in [-0.4, -0.2) is 68.8 Å². The van der Waals surface area contributed by atoms with Gasteiger partial charge in [-0.05, 0) is 12.8 Å². The van der Waals surface area contributed by atoms with Crippen molar-refractivity contribution in [2.24, 2.45) is 5.73 Å². The minimum Gasteiger partial charge on any atom is -0.748 e.